The first kappa shape index (κ1) is 16.0. The molecule has 0 saturated carbocycles. The zero-order valence-electron chi connectivity index (χ0n) is 10.0. The highest BCUT2D eigenvalue weighted by Crippen LogP contribution is 2.25. The molecule has 1 rings (SSSR count). The van der Waals surface area contributed by atoms with Crippen molar-refractivity contribution in [3.63, 3.8) is 0 Å². The van der Waals surface area contributed by atoms with E-state index < -0.39 is 0 Å². The summed E-state index contributed by atoms with van der Waals surface area (Å²) >= 11 is 12.8. The van der Waals surface area contributed by atoms with Crippen molar-refractivity contribution in [2.75, 3.05) is 11.9 Å². The van der Waals surface area contributed by atoms with Crippen LogP contribution in [0, 0.1) is 0 Å². The van der Waals surface area contributed by atoms with Gasteiger partial charge < -0.3 is 5.32 Å². The molecule has 0 saturated heterocycles. The number of carbonyl (C=O) groups is 1. The van der Waals surface area contributed by atoms with Crippen molar-refractivity contribution >= 4 is 49.4 Å². The molecule has 0 atom stereocenters. The van der Waals surface area contributed by atoms with Gasteiger partial charge in [0.25, 0.3) is 5.91 Å². The van der Waals surface area contributed by atoms with Crippen LogP contribution < -0.4 is 5.32 Å². The van der Waals surface area contributed by atoms with E-state index >= 15 is 0 Å². The Morgan fingerprint density at radius 2 is 1.94 bits per heavy atom. The smallest absolute Gasteiger partial charge is 0.252 e. The Labute approximate surface area is 130 Å². The minimum absolute atomic E-state index is 0.109. The van der Waals surface area contributed by atoms with E-state index in [4.69, 9.17) is 11.6 Å². The van der Waals surface area contributed by atoms with E-state index in [0.29, 0.717) is 17.1 Å². The average Bonchev–Trinajstić information content (AvgIpc) is 2.36. The Bertz CT molecular complexity index is 399. The molecule has 0 aliphatic carbocycles. The summed E-state index contributed by atoms with van der Waals surface area (Å²) in [5.74, 6) is -0.109. The van der Waals surface area contributed by atoms with Crippen molar-refractivity contribution in [1.82, 2.24) is 5.32 Å². The van der Waals surface area contributed by atoms with Gasteiger partial charge in [-0.15, -0.1) is 0 Å². The lowest BCUT2D eigenvalue weighted by atomic mass is 10.2. The van der Waals surface area contributed by atoms with Crippen LogP contribution in [0.15, 0.2) is 22.7 Å². The summed E-state index contributed by atoms with van der Waals surface area (Å²) in [5, 5.41) is 4.40. The number of hydrogen-bond acceptors (Lipinski definition) is 1. The predicted molar refractivity (Wildman–Crippen MR) is 83.7 cm³/mol. The first-order chi connectivity index (χ1) is 8.66. The largest absolute Gasteiger partial charge is 0.352 e. The molecule has 0 bridgehead atoms. The third kappa shape index (κ3) is 5.29. The van der Waals surface area contributed by atoms with Gasteiger partial charge >= 0.3 is 0 Å². The van der Waals surface area contributed by atoms with Gasteiger partial charge in [-0.05, 0) is 40.9 Å². The highest BCUT2D eigenvalue weighted by Gasteiger charge is 2.11. The molecule has 2 nitrogen and oxygen atoms in total. The number of unbranched alkanes of at least 4 members (excludes halogenated alkanes) is 3. The molecule has 5 heteroatoms. The van der Waals surface area contributed by atoms with Crippen LogP contribution in [-0.2, 0) is 0 Å². The van der Waals surface area contributed by atoms with E-state index in [1.807, 2.05) is 6.07 Å². The van der Waals surface area contributed by atoms with E-state index in [9.17, 15) is 4.79 Å². The van der Waals surface area contributed by atoms with Crippen molar-refractivity contribution in [2.45, 2.75) is 25.7 Å². The Morgan fingerprint density at radius 1 is 1.22 bits per heavy atom. The van der Waals surface area contributed by atoms with Crippen LogP contribution in [0.4, 0.5) is 0 Å². The predicted octanol–water partition coefficient (Wildman–Crippen LogP) is 4.79. The number of hydrogen-bond donors (Lipinski definition) is 1. The molecule has 100 valence electrons. The van der Waals surface area contributed by atoms with Gasteiger partial charge in [-0.25, -0.2) is 0 Å². The minimum atomic E-state index is -0.109. The van der Waals surface area contributed by atoms with Crippen LogP contribution in [0.1, 0.15) is 36.0 Å². The molecule has 18 heavy (non-hydrogen) atoms. The van der Waals surface area contributed by atoms with Crippen molar-refractivity contribution in [1.29, 1.82) is 0 Å². The van der Waals surface area contributed by atoms with Gasteiger partial charge in [0.15, 0.2) is 0 Å². The monoisotopic (exact) mass is 395 g/mol. The Morgan fingerprint density at radius 3 is 2.67 bits per heavy atom. The molecule has 1 N–H and O–H groups in total. The maximum atomic E-state index is 11.9. The van der Waals surface area contributed by atoms with Gasteiger partial charge in [0, 0.05) is 16.3 Å². The summed E-state index contributed by atoms with van der Waals surface area (Å²) in [4.78, 5) is 11.9. The van der Waals surface area contributed by atoms with E-state index in [2.05, 4.69) is 37.2 Å². The van der Waals surface area contributed by atoms with Crippen LogP contribution in [0.5, 0.6) is 0 Å². The molecule has 0 aromatic heterocycles. The molecule has 1 aromatic carbocycles. The van der Waals surface area contributed by atoms with Crippen LogP contribution in [0.2, 0.25) is 5.02 Å². The van der Waals surface area contributed by atoms with Crippen molar-refractivity contribution in [3.8, 4) is 0 Å². The maximum Gasteiger partial charge on any atom is 0.252 e. The number of alkyl halides is 1. The zero-order chi connectivity index (χ0) is 13.4. The van der Waals surface area contributed by atoms with Crippen LogP contribution >= 0.6 is 43.5 Å². The summed E-state index contributed by atoms with van der Waals surface area (Å²) in [5.41, 5.74) is 0.520. The average molecular weight is 398 g/mol. The van der Waals surface area contributed by atoms with Gasteiger partial charge in [-0.3, -0.25) is 4.79 Å². The minimum Gasteiger partial charge on any atom is -0.352 e. The number of halogens is 3. The molecular weight excluding hydrogens is 381 g/mol. The van der Waals surface area contributed by atoms with E-state index in [-0.39, 0.29) is 5.91 Å². The third-order valence-electron chi connectivity index (χ3n) is 2.54. The SMILES string of the molecule is O=C(NCCCCCCBr)c1cccc(Br)c1Cl. The lowest BCUT2D eigenvalue weighted by Crippen LogP contribution is -2.24. The standard InChI is InChI=1S/C13H16Br2ClNO/c14-8-3-1-2-4-9-17-13(18)10-6-5-7-11(15)12(10)16/h5-7H,1-4,8-9H2,(H,17,18). The van der Waals surface area contributed by atoms with E-state index in [0.717, 1.165) is 22.6 Å². The summed E-state index contributed by atoms with van der Waals surface area (Å²) in [6.07, 6.45) is 4.52. The van der Waals surface area contributed by atoms with Crippen LogP contribution in [0.25, 0.3) is 0 Å². The van der Waals surface area contributed by atoms with Gasteiger partial charge in [0.2, 0.25) is 0 Å². The number of carbonyl (C=O) groups excluding carboxylic acids is 1. The Balaban J connectivity index is 2.35. The number of nitrogens with one attached hydrogen (secondary N) is 1. The second-order valence-electron chi connectivity index (χ2n) is 3.96. The molecule has 1 amide bonds. The highest BCUT2D eigenvalue weighted by atomic mass is 79.9. The Hall–Kier alpha value is -0.0600. The molecule has 0 aliphatic heterocycles. The normalized spacial score (nSPS) is 10.4. The fourth-order valence-electron chi connectivity index (χ4n) is 1.55. The van der Waals surface area contributed by atoms with E-state index in [1.54, 1.807) is 12.1 Å². The number of benzene rings is 1. The molecule has 0 heterocycles. The molecule has 0 spiro atoms. The molecule has 0 radical (unpaired) electrons. The third-order valence-corrected chi connectivity index (χ3v) is 4.40. The molecule has 1 aromatic rings. The number of amides is 1. The molecule has 0 unspecified atom stereocenters. The van der Waals surface area contributed by atoms with Gasteiger partial charge in [0.1, 0.15) is 0 Å². The van der Waals surface area contributed by atoms with Gasteiger partial charge in [0.05, 0.1) is 10.6 Å². The Kier molecular flexibility index (Phi) is 7.95. The summed E-state index contributed by atoms with van der Waals surface area (Å²) in [7, 11) is 0. The zero-order valence-corrected chi connectivity index (χ0v) is 13.9. The topological polar surface area (TPSA) is 29.1 Å². The highest BCUT2D eigenvalue weighted by molar-refractivity contribution is 9.10. The van der Waals surface area contributed by atoms with Gasteiger partial charge in [-0.2, -0.15) is 0 Å². The van der Waals surface area contributed by atoms with E-state index in [1.165, 1.54) is 12.8 Å². The van der Waals surface area contributed by atoms with Crippen molar-refractivity contribution in [3.05, 3.63) is 33.3 Å². The van der Waals surface area contributed by atoms with Crippen LogP contribution in [-0.4, -0.2) is 17.8 Å². The van der Waals surface area contributed by atoms with Crippen LogP contribution in [0.3, 0.4) is 0 Å². The maximum absolute atomic E-state index is 11.9. The second kappa shape index (κ2) is 8.94. The summed E-state index contributed by atoms with van der Waals surface area (Å²) in [6.45, 7) is 0.698. The summed E-state index contributed by atoms with van der Waals surface area (Å²) in [6, 6.07) is 5.35. The summed E-state index contributed by atoms with van der Waals surface area (Å²) < 4.78 is 0.745. The molecule has 0 aliphatic rings. The number of rotatable bonds is 7. The van der Waals surface area contributed by atoms with Gasteiger partial charge in [-0.1, -0.05) is 46.4 Å². The first-order valence-corrected chi connectivity index (χ1v) is 8.24. The first-order valence-electron chi connectivity index (χ1n) is 5.95. The van der Waals surface area contributed by atoms with Crippen molar-refractivity contribution in [2.24, 2.45) is 0 Å². The lowest BCUT2D eigenvalue weighted by molar-refractivity contribution is 0.0953. The second-order valence-corrected chi connectivity index (χ2v) is 5.99. The molecular formula is C13H16Br2ClNO. The fraction of sp³-hybridized carbons (Fsp3) is 0.462. The quantitative estimate of drug-likeness (QED) is 0.520. The lowest BCUT2D eigenvalue weighted by Gasteiger charge is -2.07. The van der Waals surface area contributed by atoms with Crippen molar-refractivity contribution < 1.29 is 4.79 Å². The molecule has 0 fully saturated rings. The fourth-order valence-corrected chi connectivity index (χ4v) is 2.52.